The fourth-order valence-electron chi connectivity index (χ4n) is 2.32. The van der Waals surface area contributed by atoms with Gasteiger partial charge in [0, 0.05) is 27.1 Å². The van der Waals surface area contributed by atoms with Crippen LogP contribution in [0.2, 0.25) is 0 Å². The first-order valence-electron chi connectivity index (χ1n) is 6.52. The van der Waals surface area contributed by atoms with Crippen LogP contribution in [0, 0.1) is 0 Å². The zero-order valence-corrected chi connectivity index (χ0v) is 12.7. The van der Waals surface area contributed by atoms with Crippen molar-refractivity contribution < 1.29 is 10.0 Å². The smallest absolute Gasteiger partial charge is 0.242 e. The molecule has 0 unspecified atom stereocenters. The van der Waals surface area contributed by atoms with Crippen molar-refractivity contribution in [2.45, 2.75) is 13.3 Å². The van der Waals surface area contributed by atoms with E-state index in [1.54, 1.807) is 11.3 Å². The lowest BCUT2D eigenvalue weighted by Crippen LogP contribution is -2.26. The number of thiophene rings is 1. The largest absolute Gasteiger partial charge is 0.344 e. The number of carbonyl (C=O) groups is 1. The molecule has 0 radical (unpaired) electrons. The van der Waals surface area contributed by atoms with Gasteiger partial charge in [0.05, 0.1) is 6.54 Å². The van der Waals surface area contributed by atoms with Gasteiger partial charge < -0.3 is 6.15 Å². The first-order chi connectivity index (χ1) is 9.65. The normalized spacial score (nSPS) is 10.6. The highest BCUT2D eigenvalue weighted by atomic mass is 32.1. The lowest BCUT2D eigenvalue weighted by molar-refractivity contribution is -0.162. The van der Waals surface area contributed by atoms with Crippen LogP contribution < -0.4 is 6.15 Å². The minimum atomic E-state index is -0.326. The van der Waals surface area contributed by atoms with Gasteiger partial charge >= 0.3 is 0 Å². The number of rotatable bonds is 3. The number of hydrogen-bond acceptors (Lipinski definition) is 4. The Hall–Kier alpha value is -1.95. The fraction of sp³-hybridized carbons (Fsp3) is 0.188. The molecule has 0 spiro atoms. The molecule has 4 nitrogen and oxygen atoms in total. The van der Waals surface area contributed by atoms with E-state index in [1.165, 1.54) is 27.1 Å². The third kappa shape index (κ3) is 3.05. The molecule has 0 aliphatic heterocycles. The van der Waals surface area contributed by atoms with Crippen molar-refractivity contribution in [1.82, 2.24) is 11.2 Å². The maximum absolute atomic E-state index is 11.0. The van der Waals surface area contributed by atoms with E-state index in [4.69, 9.17) is 0 Å². The van der Waals surface area contributed by atoms with Crippen LogP contribution in [0.25, 0.3) is 20.2 Å². The molecule has 2 aromatic carbocycles. The SMILES string of the molecule is CC(=O)N(O)CCc1ccc2c(c1)sc1ccccc12.N. The average Bonchev–Trinajstić information content (AvgIpc) is 2.82. The molecule has 0 fully saturated rings. The molecule has 0 atom stereocenters. The molecule has 3 rings (SSSR count). The molecular weight excluding hydrogens is 284 g/mol. The fourth-order valence-corrected chi connectivity index (χ4v) is 3.49. The van der Waals surface area contributed by atoms with Crippen molar-refractivity contribution in [3.63, 3.8) is 0 Å². The summed E-state index contributed by atoms with van der Waals surface area (Å²) in [4.78, 5) is 11.0. The monoisotopic (exact) mass is 302 g/mol. The second-order valence-corrected chi connectivity index (χ2v) is 5.90. The van der Waals surface area contributed by atoms with Gasteiger partial charge in [0.15, 0.2) is 0 Å². The zero-order chi connectivity index (χ0) is 14.1. The standard InChI is InChI=1S/C16H15NO2S.H3N/c1-11(18)17(19)9-8-12-6-7-14-13-4-2-3-5-15(13)20-16(14)10-12;/h2-7,10,19H,8-9H2,1H3;1H3. The lowest BCUT2D eigenvalue weighted by Gasteiger charge is -2.12. The van der Waals surface area contributed by atoms with Gasteiger partial charge in [-0.15, -0.1) is 11.3 Å². The summed E-state index contributed by atoms with van der Waals surface area (Å²) in [5.74, 6) is -0.326. The molecule has 4 N–H and O–H groups in total. The van der Waals surface area contributed by atoms with Crippen molar-refractivity contribution in [3.05, 3.63) is 48.0 Å². The minimum absolute atomic E-state index is 0. The maximum atomic E-state index is 11.0. The Labute approximate surface area is 127 Å². The van der Waals surface area contributed by atoms with Gasteiger partial charge in [0.1, 0.15) is 0 Å². The molecule has 21 heavy (non-hydrogen) atoms. The van der Waals surface area contributed by atoms with E-state index in [0.717, 1.165) is 10.6 Å². The molecule has 1 aromatic heterocycles. The Bertz CT molecular complexity index is 782. The molecule has 1 heterocycles. The van der Waals surface area contributed by atoms with Crippen LogP contribution in [-0.4, -0.2) is 22.7 Å². The third-order valence-corrected chi connectivity index (χ3v) is 4.55. The number of benzene rings is 2. The summed E-state index contributed by atoms with van der Waals surface area (Å²) in [5.41, 5.74) is 1.13. The first kappa shape index (κ1) is 15.4. The first-order valence-corrected chi connectivity index (χ1v) is 7.34. The highest BCUT2D eigenvalue weighted by molar-refractivity contribution is 7.25. The molecule has 0 bridgehead atoms. The van der Waals surface area contributed by atoms with Crippen LogP contribution in [0.5, 0.6) is 0 Å². The van der Waals surface area contributed by atoms with Gasteiger partial charge in [0.2, 0.25) is 5.91 Å². The summed E-state index contributed by atoms with van der Waals surface area (Å²) >= 11 is 1.77. The molecule has 3 aromatic rings. The minimum Gasteiger partial charge on any atom is -0.344 e. The second kappa shape index (κ2) is 6.22. The zero-order valence-electron chi connectivity index (χ0n) is 11.9. The van der Waals surface area contributed by atoms with Crippen LogP contribution in [0.3, 0.4) is 0 Å². The summed E-state index contributed by atoms with van der Waals surface area (Å²) in [5, 5.41) is 12.7. The Morgan fingerprint density at radius 3 is 2.62 bits per heavy atom. The number of hydroxylamine groups is 2. The topological polar surface area (TPSA) is 75.5 Å². The lowest BCUT2D eigenvalue weighted by atomic mass is 10.1. The number of nitrogens with zero attached hydrogens (tertiary/aromatic N) is 1. The van der Waals surface area contributed by atoms with Crippen molar-refractivity contribution in [1.29, 1.82) is 0 Å². The number of amides is 1. The third-order valence-electron chi connectivity index (χ3n) is 3.42. The predicted octanol–water partition coefficient (Wildman–Crippen LogP) is 4.00. The van der Waals surface area contributed by atoms with Crippen LogP contribution in [-0.2, 0) is 11.2 Å². The Balaban J connectivity index is 0.00000161. The van der Waals surface area contributed by atoms with E-state index < -0.39 is 0 Å². The highest BCUT2D eigenvalue weighted by Crippen LogP contribution is 2.34. The van der Waals surface area contributed by atoms with Crippen molar-refractivity contribution in [2.75, 3.05) is 6.54 Å². The molecule has 0 aliphatic carbocycles. The van der Waals surface area contributed by atoms with Crippen LogP contribution >= 0.6 is 11.3 Å². The van der Waals surface area contributed by atoms with Gasteiger partial charge in [-0.25, -0.2) is 5.06 Å². The summed E-state index contributed by atoms with van der Waals surface area (Å²) in [6.45, 7) is 1.68. The molecule has 110 valence electrons. The molecule has 0 saturated carbocycles. The number of carbonyl (C=O) groups excluding carboxylic acids is 1. The Kier molecular flexibility index (Phi) is 4.57. The van der Waals surface area contributed by atoms with Gasteiger partial charge in [-0.2, -0.15) is 0 Å². The van der Waals surface area contributed by atoms with Crippen LogP contribution in [0.15, 0.2) is 42.5 Å². The van der Waals surface area contributed by atoms with E-state index in [9.17, 15) is 10.0 Å². The van der Waals surface area contributed by atoms with E-state index in [1.807, 2.05) is 0 Å². The summed E-state index contributed by atoms with van der Waals surface area (Å²) in [7, 11) is 0. The summed E-state index contributed by atoms with van der Waals surface area (Å²) < 4.78 is 2.53. The molecular formula is C16H18N2O2S. The van der Waals surface area contributed by atoms with E-state index in [0.29, 0.717) is 13.0 Å². The van der Waals surface area contributed by atoms with E-state index in [-0.39, 0.29) is 12.1 Å². The quantitative estimate of drug-likeness (QED) is 0.567. The molecule has 0 saturated heterocycles. The highest BCUT2D eigenvalue weighted by Gasteiger charge is 2.07. The second-order valence-electron chi connectivity index (χ2n) is 4.82. The predicted molar refractivity (Wildman–Crippen MR) is 87.2 cm³/mol. The number of hydrogen-bond donors (Lipinski definition) is 2. The van der Waals surface area contributed by atoms with Crippen molar-refractivity contribution in [3.8, 4) is 0 Å². The summed E-state index contributed by atoms with van der Waals surface area (Å²) in [6, 6.07) is 14.7. The van der Waals surface area contributed by atoms with Gasteiger partial charge in [0.25, 0.3) is 0 Å². The van der Waals surface area contributed by atoms with Gasteiger partial charge in [-0.3, -0.25) is 10.0 Å². The van der Waals surface area contributed by atoms with E-state index in [2.05, 4.69) is 42.5 Å². The average molecular weight is 302 g/mol. The van der Waals surface area contributed by atoms with E-state index >= 15 is 0 Å². The van der Waals surface area contributed by atoms with Crippen molar-refractivity contribution >= 4 is 37.4 Å². The Morgan fingerprint density at radius 2 is 1.86 bits per heavy atom. The number of fused-ring (bicyclic) bond motifs is 3. The van der Waals surface area contributed by atoms with Gasteiger partial charge in [-0.1, -0.05) is 30.3 Å². The maximum Gasteiger partial charge on any atom is 0.242 e. The Morgan fingerprint density at radius 1 is 1.14 bits per heavy atom. The van der Waals surface area contributed by atoms with Crippen LogP contribution in [0.1, 0.15) is 12.5 Å². The molecule has 0 aliphatic rings. The van der Waals surface area contributed by atoms with Crippen LogP contribution in [0.4, 0.5) is 0 Å². The molecule has 5 heteroatoms. The van der Waals surface area contributed by atoms with Crippen molar-refractivity contribution in [2.24, 2.45) is 0 Å². The van der Waals surface area contributed by atoms with Gasteiger partial charge in [-0.05, 0) is 24.1 Å². The molecule has 1 amide bonds. The summed E-state index contributed by atoms with van der Waals surface area (Å²) in [6.07, 6.45) is 0.653.